The Morgan fingerprint density at radius 1 is 1.29 bits per heavy atom. The summed E-state index contributed by atoms with van der Waals surface area (Å²) >= 11 is 0. The molecule has 0 aliphatic carbocycles. The fourth-order valence-corrected chi connectivity index (χ4v) is 1.10. The summed E-state index contributed by atoms with van der Waals surface area (Å²) in [6.45, 7) is 3.89. The Morgan fingerprint density at radius 3 is 2.50 bits per heavy atom. The molecular formula is C13H15N. The van der Waals surface area contributed by atoms with Crippen molar-refractivity contribution in [2.75, 3.05) is 0 Å². The van der Waals surface area contributed by atoms with Gasteiger partial charge in [-0.05, 0) is 25.8 Å². The van der Waals surface area contributed by atoms with Gasteiger partial charge in [-0.25, -0.2) is 0 Å². The minimum absolute atomic E-state index is 0.259. The first-order chi connectivity index (χ1) is 6.64. The third-order valence-electron chi connectivity index (χ3n) is 2.04. The maximum absolute atomic E-state index is 8.81. The Morgan fingerprint density at radius 2 is 1.93 bits per heavy atom. The van der Waals surface area contributed by atoms with Crippen LogP contribution in [-0.4, -0.2) is 0 Å². The van der Waals surface area contributed by atoms with Crippen molar-refractivity contribution in [1.29, 1.82) is 5.26 Å². The van der Waals surface area contributed by atoms with E-state index in [1.807, 2.05) is 32.0 Å². The van der Waals surface area contributed by atoms with Gasteiger partial charge in [-0.2, -0.15) is 5.26 Å². The Labute approximate surface area is 85.7 Å². The molecule has 14 heavy (non-hydrogen) atoms. The molecule has 0 saturated heterocycles. The normalized spacial score (nSPS) is 11.5. The molecule has 0 fully saturated rings. The zero-order valence-electron chi connectivity index (χ0n) is 8.70. The van der Waals surface area contributed by atoms with Crippen molar-refractivity contribution >= 4 is 6.08 Å². The average molecular weight is 185 g/mol. The lowest BCUT2D eigenvalue weighted by Gasteiger charge is -2.10. The molecule has 0 heterocycles. The van der Waals surface area contributed by atoms with Gasteiger partial charge in [0.25, 0.3) is 0 Å². The Hall–Kier alpha value is -1.55. The van der Waals surface area contributed by atoms with Crippen molar-refractivity contribution in [3.8, 4) is 6.07 Å². The van der Waals surface area contributed by atoms with Crippen molar-refractivity contribution in [2.24, 2.45) is 5.41 Å². The third kappa shape index (κ3) is 3.45. The summed E-state index contributed by atoms with van der Waals surface area (Å²) in [6.07, 6.45) is 4.90. The van der Waals surface area contributed by atoms with Crippen LogP contribution in [0.25, 0.3) is 6.08 Å². The molecule has 1 rings (SSSR count). The van der Waals surface area contributed by atoms with Gasteiger partial charge in [0.05, 0.1) is 11.5 Å². The molecular weight excluding hydrogens is 170 g/mol. The van der Waals surface area contributed by atoms with Gasteiger partial charge < -0.3 is 0 Å². The van der Waals surface area contributed by atoms with Crippen LogP contribution in [0.1, 0.15) is 25.8 Å². The number of hydrogen-bond donors (Lipinski definition) is 0. The molecule has 1 aromatic rings. The van der Waals surface area contributed by atoms with Crippen molar-refractivity contribution in [3.05, 3.63) is 42.0 Å². The summed E-state index contributed by atoms with van der Waals surface area (Å²) in [5.74, 6) is 0. The smallest absolute Gasteiger partial charge is 0.0687 e. The molecule has 0 spiro atoms. The molecule has 1 aromatic carbocycles. The molecule has 0 amide bonds. The van der Waals surface area contributed by atoms with Crippen LogP contribution < -0.4 is 0 Å². The van der Waals surface area contributed by atoms with Crippen LogP contribution in [-0.2, 0) is 0 Å². The topological polar surface area (TPSA) is 23.8 Å². The summed E-state index contributed by atoms with van der Waals surface area (Å²) in [4.78, 5) is 0. The average Bonchev–Trinajstić information content (AvgIpc) is 2.19. The number of benzene rings is 1. The first kappa shape index (κ1) is 10.5. The number of hydrogen-bond acceptors (Lipinski definition) is 1. The number of rotatable bonds is 3. The van der Waals surface area contributed by atoms with E-state index in [1.165, 1.54) is 5.56 Å². The van der Waals surface area contributed by atoms with E-state index in [9.17, 15) is 0 Å². The third-order valence-corrected chi connectivity index (χ3v) is 2.04. The quantitative estimate of drug-likeness (QED) is 0.705. The molecule has 1 heteroatoms. The van der Waals surface area contributed by atoms with E-state index in [-0.39, 0.29) is 5.41 Å². The van der Waals surface area contributed by atoms with Crippen molar-refractivity contribution in [2.45, 2.75) is 20.3 Å². The van der Waals surface area contributed by atoms with Crippen molar-refractivity contribution in [3.63, 3.8) is 0 Å². The number of allylic oxidation sites excluding steroid dienone is 1. The maximum atomic E-state index is 8.81. The van der Waals surface area contributed by atoms with Gasteiger partial charge in [-0.3, -0.25) is 0 Å². The van der Waals surface area contributed by atoms with E-state index < -0.39 is 0 Å². The summed E-state index contributed by atoms with van der Waals surface area (Å²) in [5.41, 5.74) is 0.923. The first-order valence-corrected chi connectivity index (χ1v) is 4.77. The highest BCUT2D eigenvalue weighted by Crippen LogP contribution is 2.19. The highest BCUT2D eigenvalue weighted by molar-refractivity contribution is 5.48. The Balaban J connectivity index is 2.55. The second-order valence-corrected chi connectivity index (χ2v) is 4.01. The molecule has 1 nitrogen and oxygen atoms in total. The zero-order chi connectivity index (χ0) is 10.4. The van der Waals surface area contributed by atoms with Gasteiger partial charge in [-0.15, -0.1) is 0 Å². The standard InChI is InChI=1S/C13H15N/c1-13(2,11-14)10-6-9-12-7-4-3-5-8-12/h3-9H,10H2,1-2H3. The van der Waals surface area contributed by atoms with Gasteiger partial charge in [0.1, 0.15) is 0 Å². The lowest BCUT2D eigenvalue weighted by Crippen LogP contribution is -2.04. The second kappa shape index (κ2) is 4.62. The SMILES string of the molecule is CC(C)(C#N)CC=Cc1ccccc1. The largest absolute Gasteiger partial charge is 0.198 e. The van der Waals surface area contributed by atoms with Crippen LogP contribution in [0.3, 0.4) is 0 Å². The molecule has 0 radical (unpaired) electrons. The first-order valence-electron chi connectivity index (χ1n) is 4.77. The maximum Gasteiger partial charge on any atom is 0.0687 e. The number of nitrogens with zero attached hydrogens (tertiary/aromatic N) is 1. The number of nitriles is 1. The van der Waals surface area contributed by atoms with E-state index >= 15 is 0 Å². The van der Waals surface area contributed by atoms with Crippen LogP contribution in [0.5, 0.6) is 0 Å². The van der Waals surface area contributed by atoms with E-state index in [0.29, 0.717) is 0 Å². The lowest BCUT2D eigenvalue weighted by atomic mass is 9.91. The zero-order valence-corrected chi connectivity index (χ0v) is 8.70. The predicted molar refractivity (Wildman–Crippen MR) is 59.5 cm³/mol. The van der Waals surface area contributed by atoms with E-state index in [1.54, 1.807) is 0 Å². The van der Waals surface area contributed by atoms with Crippen molar-refractivity contribution < 1.29 is 0 Å². The molecule has 0 bridgehead atoms. The van der Waals surface area contributed by atoms with Gasteiger partial charge in [-0.1, -0.05) is 42.5 Å². The molecule has 0 N–H and O–H groups in total. The van der Waals surface area contributed by atoms with Gasteiger partial charge >= 0.3 is 0 Å². The van der Waals surface area contributed by atoms with Crippen LogP contribution in [0.4, 0.5) is 0 Å². The van der Waals surface area contributed by atoms with E-state index in [4.69, 9.17) is 5.26 Å². The van der Waals surface area contributed by atoms with Crippen molar-refractivity contribution in [1.82, 2.24) is 0 Å². The minimum Gasteiger partial charge on any atom is -0.198 e. The Kier molecular flexibility index (Phi) is 3.48. The molecule has 0 aromatic heterocycles. The molecule has 0 aliphatic rings. The molecule has 72 valence electrons. The molecule has 0 aliphatic heterocycles. The highest BCUT2D eigenvalue weighted by Gasteiger charge is 2.13. The van der Waals surface area contributed by atoms with Gasteiger partial charge in [0.2, 0.25) is 0 Å². The summed E-state index contributed by atoms with van der Waals surface area (Å²) in [5, 5.41) is 8.81. The molecule has 0 atom stereocenters. The van der Waals surface area contributed by atoms with E-state index in [2.05, 4.69) is 30.4 Å². The summed E-state index contributed by atoms with van der Waals surface area (Å²) < 4.78 is 0. The van der Waals surface area contributed by atoms with Crippen LogP contribution >= 0.6 is 0 Å². The second-order valence-electron chi connectivity index (χ2n) is 4.01. The molecule has 0 unspecified atom stereocenters. The van der Waals surface area contributed by atoms with Crippen LogP contribution in [0, 0.1) is 16.7 Å². The fraction of sp³-hybridized carbons (Fsp3) is 0.308. The molecule has 0 saturated carbocycles. The summed E-state index contributed by atoms with van der Waals surface area (Å²) in [7, 11) is 0. The monoisotopic (exact) mass is 185 g/mol. The van der Waals surface area contributed by atoms with E-state index in [0.717, 1.165) is 6.42 Å². The Bertz CT molecular complexity index is 341. The fourth-order valence-electron chi connectivity index (χ4n) is 1.10. The van der Waals surface area contributed by atoms with Crippen LogP contribution in [0.2, 0.25) is 0 Å². The van der Waals surface area contributed by atoms with Gasteiger partial charge in [0, 0.05) is 0 Å². The van der Waals surface area contributed by atoms with Gasteiger partial charge in [0.15, 0.2) is 0 Å². The highest BCUT2D eigenvalue weighted by atomic mass is 14.3. The van der Waals surface area contributed by atoms with Crippen LogP contribution in [0.15, 0.2) is 36.4 Å². The predicted octanol–water partition coefficient (Wildman–Crippen LogP) is 3.64. The summed E-state index contributed by atoms with van der Waals surface area (Å²) in [6, 6.07) is 12.4. The minimum atomic E-state index is -0.259. The lowest BCUT2D eigenvalue weighted by molar-refractivity contribution is 0.506.